The van der Waals surface area contributed by atoms with Gasteiger partial charge in [0.1, 0.15) is 12.7 Å². The highest BCUT2D eigenvalue weighted by atomic mass is 16.5. The molecule has 1 saturated carbocycles. The predicted octanol–water partition coefficient (Wildman–Crippen LogP) is 4.23. The Morgan fingerprint density at radius 3 is 2.03 bits per heavy atom. The van der Waals surface area contributed by atoms with E-state index in [9.17, 15) is 19.2 Å². The van der Waals surface area contributed by atoms with E-state index in [-0.39, 0.29) is 43.0 Å². The third kappa shape index (κ3) is 7.29. The molecule has 0 aliphatic heterocycles. The van der Waals surface area contributed by atoms with Crippen molar-refractivity contribution in [3.8, 4) is 0 Å². The van der Waals surface area contributed by atoms with E-state index in [1.807, 2.05) is 36.4 Å². The second-order valence-corrected chi connectivity index (χ2v) is 9.19. The molecule has 2 aliphatic rings. The molecule has 0 amide bonds. The van der Waals surface area contributed by atoms with E-state index in [2.05, 4.69) is 6.58 Å². The first-order valence-electron chi connectivity index (χ1n) is 12.3. The average Bonchev–Trinajstić information content (AvgIpc) is 3.46. The van der Waals surface area contributed by atoms with Crippen LogP contribution >= 0.6 is 0 Å². The highest BCUT2D eigenvalue weighted by molar-refractivity contribution is 5.84. The maximum absolute atomic E-state index is 13.0. The number of carbonyl (C=O) groups is 4. The van der Waals surface area contributed by atoms with Gasteiger partial charge in [0.25, 0.3) is 0 Å². The maximum atomic E-state index is 13.0. The number of ether oxygens (including phenoxy) is 4. The Kier molecular flexibility index (Phi) is 9.85. The van der Waals surface area contributed by atoms with Crippen molar-refractivity contribution in [2.45, 2.75) is 52.2 Å². The molecule has 5 unspecified atom stereocenters. The van der Waals surface area contributed by atoms with Crippen molar-refractivity contribution in [2.24, 2.45) is 23.7 Å². The summed E-state index contributed by atoms with van der Waals surface area (Å²) in [5, 5.41) is 0. The zero-order chi connectivity index (χ0) is 26.1. The van der Waals surface area contributed by atoms with E-state index < -0.39 is 23.9 Å². The Morgan fingerprint density at radius 2 is 1.47 bits per heavy atom. The fourth-order valence-corrected chi connectivity index (χ4v) is 4.84. The van der Waals surface area contributed by atoms with Crippen LogP contribution < -0.4 is 0 Å². The highest BCUT2D eigenvalue weighted by Crippen LogP contribution is 2.49. The average molecular weight is 499 g/mol. The molecule has 1 aromatic rings. The van der Waals surface area contributed by atoms with Crippen LogP contribution in [-0.2, 0) is 44.7 Å². The minimum Gasteiger partial charge on any atom is -0.466 e. The van der Waals surface area contributed by atoms with Crippen molar-refractivity contribution in [1.29, 1.82) is 0 Å². The molecule has 2 aliphatic carbocycles. The lowest BCUT2D eigenvalue weighted by Crippen LogP contribution is -2.35. The van der Waals surface area contributed by atoms with E-state index in [1.54, 1.807) is 6.08 Å². The number of fused-ring (bicyclic) bond motifs is 2. The monoisotopic (exact) mass is 498 g/mol. The Hall–Kier alpha value is -3.42. The number of hydrogen-bond donors (Lipinski definition) is 0. The second kappa shape index (κ2) is 13.0. The number of allylic oxidation sites excluding steroid dienone is 2. The summed E-state index contributed by atoms with van der Waals surface area (Å²) in [6.45, 7) is 7.00. The van der Waals surface area contributed by atoms with Crippen LogP contribution in [0.4, 0.5) is 0 Å². The van der Waals surface area contributed by atoms with Gasteiger partial charge in [-0.25, -0.2) is 0 Å². The maximum Gasteiger partial charge on any atom is 0.310 e. The van der Waals surface area contributed by atoms with Gasteiger partial charge in [0.05, 0.1) is 25.0 Å². The van der Waals surface area contributed by atoms with Gasteiger partial charge in [0.15, 0.2) is 0 Å². The van der Waals surface area contributed by atoms with Crippen molar-refractivity contribution in [1.82, 2.24) is 0 Å². The van der Waals surface area contributed by atoms with Crippen molar-refractivity contribution >= 4 is 23.9 Å². The van der Waals surface area contributed by atoms with Crippen LogP contribution in [0.2, 0.25) is 0 Å². The molecule has 1 fully saturated rings. The molecule has 1 aromatic carbocycles. The van der Waals surface area contributed by atoms with Gasteiger partial charge in [-0.15, -0.1) is 6.58 Å². The van der Waals surface area contributed by atoms with E-state index in [1.165, 1.54) is 13.8 Å². The quantitative estimate of drug-likeness (QED) is 0.172. The summed E-state index contributed by atoms with van der Waals surface area (Å²) >= 11 is 0. The summed E-state index contributed by atoms with van der Waals surface area (Å²) < 4.78 is 21.3. The Labute approximate surface area is 211 Å². The Balaban J connectivity index is 1.52. The molecule has 36 heavy (non-hydrogen) atoms. The topological polar surface area (TPSA) is 105 Å². The predicted molar refractivity (Wildman–Crippen MR) is 130 cm³/mol. The van der Waals surface area contributed by atoms with Crippen LogP contribution in [0.1, 0.15) is 56.8 Å². The number of unbranched alkanes of at least 4 members (excludes halogenated alkanes) is 1. The van der Waals surface area contributed by atoms with Gasteiger partial charge in [-0.2, -0.15) is 0 Å². The summed E-state index contributed by atoms with van der Waals surface area (Å²) in [7, 11) is 0. The molecule has 8 heteroatoms. The molecule has 0 radical (unpaired) electrons. The van der Waals surface area contributed by atoms with Gasteiger partial charge in [-0.3, -0.25) is 19.2 Å². The third-order valence-corrected chi connectivity index (χ3v) is 6.51. The molecule has 194 valence electrons. The molecule has 5 atom stereocenters. The van der Waals surface area contributed by atoms with Gasteiger partial charge in [-0.05, 0) is 42.2 Å². The summed E-state index contributed by atoms with van der Waals surface area (Å²) in [6, 6.07) is 7.32. The van der Waals surface area contributed by atoms with Gasteiger partial charge in [0, 0.05) is 20.3 Å². The van der Waals surface area contributed by atoms with Crippen molar-refractivity contribution in [3.05, 3.63) is 60.2 Å². The number of benzene rings is 1. The number of rotatable bonds is 13. The zero-order valence-corrected chi connectivity index (χ0v) is 20.9. The molecule has 0 heterocycles. The third-order valence-electron chi connectivity index (χ3n) is 6.51. The van der Waals surface area contributed by atoms with Crippen molar-refractivity contribution in [2.75, 3.05) is 13.2 Å². The normalized spacial score (nSPS) is 22.5. The van der Waals surface area contributed by atoms with E-state index in [4.69, 9.17) is 18.9 Å². The first kappa shape index (κ1) is 27.2. The second-order valence-electron chi connectivity index (χ2n) is 9.19. The van der Waals surface area contributed by atoms with Crippen molar-refractivity contribution < 1.29 is 38.1 Å². The van der Waals surface area contributed by atoms with Crippen LogP contribution in [0, 0.1) is 23.7 Å². The first-order chi connectivity index (χ1) is 17.3. The SMILES string of the molecule is C=CCC(OC(C)=O)c1ccc(COC(=O)C2C3C=CC(C3)C2C(=O)OCCCCOC(C)=O)cc1. The lowest BCUT2D eigenvalue weighted by molar-refractivity contribution is -0.162. The molecular weight excluding hydrogens is 464 g/mol. The number of esters is 4. The van der Waals surface area contributed by atoms with Crippen LogP contribution in [0.25, 0.3) is 0 Å². The summed E-state index contributed by atoms with van der Waals surface area (Å²) in [6.07, 6.45) is 7.67. The van der Waals surface area contributed by atoms with Crippen LogP contribution in [-0.4, -0.2) is 37.1 Å². The Bertz CT molecular complexity index is 980. The minimum atomic E-state index is -0.561. The van der Waals surface area contributed by atoms with Gasteiger partial charge in [-0.1, -0.05) is 42.5 Å². The molecule has 0 spiro atoms. The summed E-state index contributed by atoms with van der Waals surface area (Å²) in [4.78, 5) is 48.0. The fraction of sp³-hybridized carbons (Fsp3) is 0.500. The highest BCUT2D eigenvalue weighted by Gasteiger charge is 2.53. The van der Waals surface area contributed by atoms with Gasteiger partial charge >= 0.3 is 23.9 Å². The van der Waals surface area contributed by atoms with Gasteiger partial charge < -0.3 is 18.9 Å². The molecule has 8 nitrogen and oxygen atoms in total. The van der Waals surface area contributed by atoms with E-state index >= 15 is 0 Å². The van der Waals surface area contributed by atoms with Gasteiger partial charge in [0.2, 0.25) is 0 Å². The van der Waals surface area contributed by atoms with Crippen molar-refractivity contribution in [3.63, 3.8) is 0 Å². The van der Waals surface area contributed by atoms with Crippen LogP contribution in [0.3, 0.4) is 0 Å². The number of hydrogen-bond acceptors (Lipinski definition) is 8. The molecule has 0 N–H and O–H groups in total. The lowest BCUT2D eigenvalue weighted by atomic mass is 9.83. The molecule has 0 saturated heterocycles. The van der Waals surface area contributed by atoms with E-state index in [0.717, 1.165) is 17.5 Å². The smallest absolute Gasteiger partial charge is 0.310 e. The van der Waals surface area contributed by atoms with E-state index in [0.29, 0.717) is 25.9 Å². The largest absolute Gasteiger partial charge is 0.466 e. The van der Waals surface area contributed by atoms with Crippen LogP contribution in [0.5, 0.6) is 0 Å². The summed E-state index contributed by atoms with van der Waals surface area (Å²) in [5.74, 6) is -2.66. The molecular formula is C28H34O8. The molecule has 3 rings (SSSR count). The minimum absolute atomic E-state index is 0.0246. The zero-order valence-electron chi connectivity index (χ0n) is 20.9. The summed E-state index contributed by atoms with van der Waals surface area (Å²) in [5.41, 5.74) is 1.62. The molecule has 0 aromatic heterocycles. The van der Waals surface area contributed by atoms with Crippen LogP contribution in [0.15, 0.2) is 49.1 Å². The standard InChI is InChI=1S/C28H34O8/c1-4-7-24(36-19(3)30)21-10-8-20(9-11-21)17-35-28(32)26-23-13-12-22(16-23)25(26)27(31)34-15-6-5-14-33-18(2)29/h4,8-13,22-26H,1,5-7,14-17H2,2-3H3. The number of carbonyl (C=O) groups excluding carboxylic acids is 4. The Morgan fingerprint density at radius 1 is 0.889 bits per heavy atom. The molecule has 2 bridgehead atoms. The fourth-order valence-electron chi connectivity index (χ4n) is 4.84. The first-order valence-corrected chi connectivity index (χ1v) is 12.3. The lowest BCUT2D eigenvalue weighted by Gasteiger charge is -2.25.